The molecule has 0 saturated carbocycles. The summed E-state index contributed by atoms with van der Waals surface area (Å²) in [5, 5.41) is 19.2. The van der Waals surface area contributed by atoms with Gasteiger partial charge in [0.1, 0.15) is 6.61 Å². The van der Waals surface area contributed by atoms with Gasteiger partial charge in [-0.05, 0) is 44.9 Å². The number of esters is 2. The number of aliphatic hydroxyl groups is 2. The van der Waals surface area contributed by atoms with Crippen molar-refractivity contribution in [2.75, 3.05) is 13.2 Å². The maximum absolute atomic E-state index is 12.1. The van der Waals surface area contributed by atoms with Crippen LogP contribution in [0.4, 0.5) is 0 Å². The summed E-state index contributed by atoms with van der Waals surface area (Å²) in [6, 6.07) is 0. The quantitative estimate of drug-likeness (QED) is 0.0328. The molecule has 0 bridgehead atoms. The van der Waals surface area contributed by atoms with E-state index in [-0.39, 0.29) is 31.6 Å². The van der Waals surface area contributed by atoms with E-state index in [2.05, 4.69) is 37.3 Å². The standard InChI is InChI=1S/C40H68O6/c1-3-5-7-8-9-10-11-12-13-18-21-24-27-30-34-40(44)46-38(35-41)36-45-39(43)33-29-26-23-20-17-15-14-16-19-22-25-28-32-37(42)31-6-4-2/h6,14-15,19-20,22-23,25,28,31,37-38,41-42H,3-5,7-13,16-18,21,24,26-27,29-30,32-36H2,1-2H3/b15-14-,22-19-,23-20-,28-25+,31-6-/t37?,38-/m0/s1. The topological polar surface area (TPSA) is 93.1 Å². The molecular formula is C40H68O6. The van der Waals surface area contributed by atoms with Gasteiger partial charge in [0, 0.05) is 12.8 Å². The van der Waals surface area contributed by atoms with E-state index in [1.54, 1.807) is 0 Å². The Morgan fingerprint density at radius 2 is 1.17 bits per heavy atom. The lowest BCUT2D eigenvalue weighted by molar-refractivity contribution is -0.161. The highest BCUT2D eigenvalue weighted by atomic mass is 16.6. The first kappa shape index (κ1) is 43.6. The SMILES string of the molecule is CC/C=C\C(O)C/C=C/C=C\C/C=C\C/C=C\CCCC(=O)OC[C@H](CO)OC(=O)CCCCCCCCCCCCCCCC. The Hall–Kier alpha value is -2.44. The van der Waals surface area contributed by atoms with E-state index in [0.717, 1.165) is 44.9 Å². The molecule has 1 unspecified atom stereocenters. The molecule has 46 heavy (non-hydrogen) atoms. The van der Waals surface area contributed by atoms with Crippen LogP contribution in [0.3, 0.4) is 0 Å². The lowest BCUT2D eigenvalue weighted by Crippen LogP contribution is -2.28. The highest BCUT2D eigenvalue weighted by molar-refractivity contribution is 5.70. The average molecular weight is 645 g/mol. The van der Waals surface area contributed by atoms with Crippen LogP contribution in [-0.4, -0.2) is 47.6 Å². The minimum absolute atomic E-state index is 0.108. The molecule has 0 fully saturated rings. The third kappa shape index (κ3) is 32.9. The molecule has 0 radical (unpaired) electrons. The van der Waals surface area contributed by atoms with E-state index in [1.807, 2.05) is 37.3 Å². The number of rotatable bonds is 32. The van der Waals surface area contributed by atoms with Gasteiger partial charge in [-0.1, -0.05) is 158 Å². The number of hydrogen-bond acceptors (Lipinski definition) is 6. The summed E-state index contributed by atoms with van der Waals surface area (Å²) in [5.74, 6) is -0.685. The molecule has 0 aliphatic heterocycles. The summed E-state index contributed by atoms with van der Waals surface area (Å²) in [7, 11) is 0. The van der Waals surface area contributed by atoms with Crippen molar-refractivity contribution in [2.45, 2.75) is 167 Å². The summed E-state index contributed by atoms with van der Waals surface area (Å²) < 4.78 is 10.5. The molecule has 0 spiro atoms. The van der Waals surface area contributed by atoms with Gasteiger partial charge in [-0.15, -0.1) is 0 Å². The van der Waals surface area contributed by atoms with Crippen molar-refractivity contribution in [2.24, 2.45) is 0 Å². The van der Waals surface area contributed by atoms with Crippen molar-refractivity contribution in [1.29, 1.82) is 0 Å². The van der Waals surface area contributed by atoms with Crippen molar-refractivity contribution >= 4 is 11.9 Å². The Morgan fingerprint density at radius 3 is 1.78 bits per heavy atom. The Kier molecular flexibility index (Phi) is 33.5. The van der Waals surface area contributed by atoms with Gasteiger partial charge in [0.2, 0.25) is 0 Å². The molecule has 0 heterocycles. The van der Waals surface area contributed by atoms with Crippen LogP contribution in [0, 0.1) is 0 Å². The van der Waals surface area contributed by atoms with E-state index in [0.29, 0.717) is 19.3 Å². The predicted octanol–water partition coefficient (Wildman–Crippen LogP) is 10.2. The number of ether oxygens (including phenoxy) is 2. The summed E-state index contributed by atoms with van der Waals surface area (Å²) in [5.41, 5.74) is 0. The van der Waals surface area contributed by atoms with Crippen molar-refractivity contribution in [1.82, 2.24) is 0 Å². The maximum Gasteiger partial charge on any atom is 0.306 e. The van der Waals surface area contributed by atoms with Crippen LogP contribution in [0.2, 0.25) is 0 Å². The number of allylic oxidation sites excluding steroid dienone is 8. The average Bonchev–Trinajstić information content (AvgIpc) is 3.05. The van der Waals surface area contributed by atoms with Crippen LogP contribution in [0.1, 0.15) is 155 Å². The molecule has 0 aromatic carbocycles. The highest BCUT2D eigenvalue weighted by Gasteiger charge is 2.16. The van der Waals surface area contributed by atoms with Crippen LogP contribution in [0.25, 0.3) is 0 Å². The van der Waals surface area contributed by atoms with Gasteiger partial charge in [0.25, 0.3) is 0 Å². The predicted molar refractivity (Wildman–Crippen MR) is 193 cm³/mol. The summed E-state index contributed by atoms with van der Waals surface area (Å²) >= 11 is 0. The van der Waals surface area contributed by atoms with Gasteiger partial charge in [-0.3, -0.25) is 9.59 Å². The summed E-state index contributed by atoms with van der Waals surface area (Å²) in [4.78, 5) is 24.2. The number of hydrogen-bond donors (Lipinski definition) is 2. The molecular weight excluding hydrogens is 576 g/mol. The Labute approximate surface area is 282 Å². The molecule has 0 aromatic rings. The van der Waals surface area contributed by atoms with Crippen LogP contribution in [-0.2, 0) is 19.1 Å². The second kappa shape index (κ2) is 35.4. The maximum atomic E-state index is 12.1. The van der Waals surface area contributed by atoms with Crippen LogP contribution >= 0.6 is 0 Å². The van der Waals surface area contributed by atoms with Crippen LogP contribution in [0.5, 0.6) is 0 Å². The molecule has 0 amide bonds. The molecule has 0 aliphatic carbocycles. The first-order valence-electron chi connectivity index (χ1n) is 18.5. The van der Waals surface area contributed by atoms with Crippen molar-refractivity contribution < 1.29 is 29.3 Å². The third-order valence-corrected chi connectivity index (χ3v) is 7.65. The molecule has 264 valence electrons. The molecule has 6 heteroatoms. The number of aliphatic hydroxyl groups excluding tert-OH is 2. The number of carbonyl (C=O) groups is 2. The fourth-order valence-electron chi connectivity index (χ4n) is 4.84. The second-order valence-corrected chi connectivity index (χ2v) is 12.1. The molecule has 0 aromatic heterocycles. The zero-order valence-electron chi connectivity index (χ0n) is 29.4. The Balaban J connectivity index is 3.72. The van der Waals surface area contributed by atoms with Gasteiger partial charge in [-0.2, -0.15) is 0 Å². The minimum atomic E-state index is -0.804. The minimum Gasteiger partial charge on any atom is -0.462 e. The summed E-state index contributed by atoms with van der Waals surface area (Å²) in [6.45, 7) is 3.84. The highest BCUT2D eigenvalue weighted by Crippen LogP contribution is 2.14. The molecule has 6 nitrogen and oxygen atoms in total. The van der Waals surface area contributed by atoms with E-state index in [1.165, 1.54) is 70.6 Å². The first-order chi connectivity index (χ1) is 22.5. The molecule has 2 atom stereocenters. The van der Waals surface area contributed by atoms with E-state index in [4.69, 9.17) is 9.47 Å². The normalized spacial score (nSPS) is 13.6. The third-order valence-electron chi connectivity index (χ3n) is 7.65. The van der Waals surface area contributed by atoms with Gasteiger partial charge in [-0.25, -0.2) is 0 Å². The largest absolute Gasteiger partial charge is 0.462 e. The first-order valence-corrected chi connectivity index (χ1v) is 18.5. The molecule has 0 saturated heterocycles. The number of unbranched alkanes of at least 4 members (excludes halogenated alkanes) is 14. The fraction of sp³-hybridized carbons (Fsp3) is 0.700. The van der Waals surface area contributed by atoms with E-state index >= 15 is 0 Å². The Bertz CT molecular complexity index is 841. The zero-order chi connectivity index (χ0) is 33.8. The smallest absolute Gasteiger partial charge is 0.306 e. The lowest BCUT2D eigenvalue weighted by atomic mass is 10.0. The molecule has 0 aliphatic rings. The van der Waals surface area contributed by atoms with Gasteiger partial charge >= 0.3 is 11.9 Å². The monoisotopic (exact) mass is 645 g/mol. The Morgan fingerprint density at radius 1 is 0.630 bits per heavy atom. The van der Waals surface area contributed by atoms with Crippen molar-refractivity contribution in [3.8, 4) is 0 Å². The summed E-state index contributed by atoms with van der Waals surface area (Å²) in [6.07, 6.45) is 41.9. The van der Waals surface area contributed by atoms with Gasteiger partial charge in [0.15, 0.2) is 6.10 Å². The van der Waals surface area contributed by atoms with Crippen LogP contribution < -0.4 is 0 Å². The lowest BCUT2D eigenvalue weighted by Gasteiger charge is -2.15. The number of carbonyl (C=O) groups excluding carboxylic acids is 2. The molecule has 0 rings (SSSR count). The second-order valence-electron chi connectivity index (χ2n) is 12.1. The fourth-order valence-corrected chi connectivity index (χ4v) is 4.84. The van der Waals surface area contributed by atoms with E-state index < -0.39 is 12.2 Å². The van der Waals surface area contributed by atoms with Crippen LogP contribution in [0.15, 0.2) is 60.8 Å². The zero-order valence-corrected chi connectivity index (χ0v) is 29.4. The van der Waals surface area contributed by atoms with Gasteiger partial charge in [0.05, 0.1) is 12.7 Å². The van der Waals surface area contributed by atoms with Gasteiger partial charge < -0.3 is 19.7 Å². The van der Waals surface area contributed by atoms with Crippen molar-refractivity contribution in [3.63, 3.8) is 0 Å². The van der Waals surface area contributed by atoms with Crippen molar-refractivity contribution in [3.05, 3.63) is 60.8 Å². The molecule has 2 N–H and O–H groups in total. The van der Waals surface area contributed by atoms with E-state index in [9.17, 15) is 19.8 Å².